The molecule has 3 aromatic heterocycles. The number of nitrogens with zero attached hydrogens (tertiary/aromatic N) is 6. The number of amides is 1. The van der Waals surface area contributed by atoms with Crippen molar-refractivity contribution in [3.05, 3.63) is 80.4 Å². The van der Waals surface area contributed by atoms with E-state index in [4.69, 9.17) is 26.6 Å². The van der Waals surface area contributed by atoms with Crippen LogP contribution in [0.15, 0.2) is 41.5 Å². The van der Waals surface area contributed by atoms with Crippen molar-refractivity contribution < 1.29 is 4.79 Å². The van der Waals surface area contributed by atoms with Gasteiger partial charge in [-0.25, -0.2) is 19.9 Å². The molecule has 1 aromatic carbocycles. The lowest BCUT2D eigenvalue weighted by atomic mass is 9.96. The highest BCUT2D eigenvalue weighted by molar-refractivity contribution is 7.97. The highest BCUT2D eigenvalue weighted by Gasteiger charge is 2.28. The molecule has 1 amide bonds. The van der Waals surface area contributed by atoms with Crippen LogP contribution >= 0.6 is 23.5 Å². The first kappa shape index (κ1) is 29.4. The molecule has 1 aliphatic carbocycles. The Hall–Kier alpha value is -3.70. The molecule has 12 heteroatoms. The van der Waals surface area contributed by atoms with Gasteiger partial charge in [0.2, 0.25) is 5.95 Å². The summed E-state index contributed by atoms with van der Waals surface area (Å²) in [5.41, 5.74) is 4.34. The summed E-state index contributed by atoms with van der Waals surface area (Å²) >= 11 is 7.31. The van der Waals surface area contributed by atoms with Crippen LogP contribution in [0.3, 0.4) is 0 Å². The number of fused-ring (bicyclic) bond motifs is 1. The third-order valence-corrected chi connectivity index (χ3v) is 8.92. The molecule has 1 atom stereocenters. The molecular formula is C31H35ClN8O2S. The monoisotopic (exact) mass is 618 g/mol. The topological polar surface area (TPSA) is 118 Å². The summed E-state index contributed by atoms with van der Waals surface area (Å²) in [6, 6.07) is 7.02. The van der Waals surface area contributed by atoms with Crippen molar-refractivity contribution in [3.8, 4) is 0 Å². The minimum Gasteiger partial charge on any atom is -0.377 e. The van der Waals surface area contributed by atoms with Gasteiger partial charge in [-0.15, -0.1) is 0 Å². The van der Waals surface area contributed by atoms with E-state index in [1.807, 2.05) is 38.4 Å². The molecule has 43 heavy (non-hydrogen) atoms. The van der Waals surface area contributed by atoms with Crippen LogP contribution in [0.25, 0.3) is 10.9 Å². The van der Waals surface area contributed by atoms with Crippen LogP contribution < -0.4 is 20.5 Å². The minimum atomic E-state index is -0.347. The molecule has 1 saturated carbocycles. The van der Waals surface area contributed by atoms with Gasteiger partial charge in [0.25, 0.3) is 11.5 Å². The SMILES string of the molecule is CSNC(=O)c1nc(Cl)ccc1NC(C)c1cc(C)cc2c(=O)n(C)c(N3CCC(c4ncc(C5CC5)cn4)CC3)nc12. The molecule has 0 spiro atoms. The maximum atomic E-state index is 13.7. The van der Waals surface area contributed by atoms with Crippen molar-refractivity contribution in [2.75, 3.05) is 29.6 Å². The fraction of sp³-hybridized carbons (Fsp3) is 0.419. The first-order chi connectivity index (χ1) is 20.7. The number of aryl methyl sites for hydroxylation is 1. The Balaban J connectivity index is 1.28. The molecule has 1 aliphatic heterocycles. The first-order valence-corrected chi connectivity index (χ1v) is 16.2. The van der Waals surface area contributed by atoms with Crippen molar-refractivity contribution in [3.63, 3.8) is 0 Å². The van der Waals surface area contributed by atoms with E-state index in [1.165, 1.54) is 30.4 Å². The molecule has 2 N–H and O–H groups in total. The average Bonchev–Trinajstić information content (AvgIpc) is 3.86. The summed E-state index contributed by atoms with van der Waals surface area (Å²) in [4.78, 5) is 47.3. The second-order valence-electron chi connectivity index (χ2n) is 11.5. The second kappa shape index (κ2) is 12.1. The Kier molecular flexibility index (Phi) is 8.28. The first-order valence-electron chi connectivity index (χ1n) is 14.6. The van der Waals surface area contributed by atoms with E-state index in [1.54, 1.807) is 30.0 Å². The van der Waals surface area contributed by atoms with Crippen LogP contribution in [0.1, 0.15) is 83.5 Å². The standard InChI is InChI=1S/C31H35ClN8O2S/c1-17-13-22(18(2)35-24-7-8-25(32)36-27(24)29(41)38-43-4)26-23(14-17)30(42)39(3)31(37-26)40-11-9-20(10-12-40)28-33-15-21(16-34-28)19-5-6-19/h7-8,13-16,18-20,35H,5-6,9-12H2,1-4H3,(H,38,41). The number of nitrogens with one attached hydrogen (secondary N) is 2. The van der Waals surface area contributed by atoms with Gasteiger partial charge in [-0.05, 0) is 74.8 Å². The highest BCUT2D eigenvalue weighted by atomic mass is 35.5. The fourth-order valence-corrected chi connectivity index (χ4v) is 6.28. The number of rotatable bonds is 8. The van der Waals surface area contributed by atoms with Gasteiger partial charge in [0.05, 0.1) is 22.6 Å². The molecule has 224 valence electrons. The Labute approximate surface area is 259 Å². The molecule has 0 radical (unpaired) electrons. The van der Waals surface area contributed by atoms with Crippen LogP contribution in [-0.4, -0.2) is 49.8 Å². The zero-order valence-electron chi connectivity index (χ0n) is 24.7. The van der Waals surface area contributed by atoms with Crippen molar-refractivity contribution in [2.45, 2.75) is 57.4 Å². The van der Waals surface area contributed by atoms with Gasteiger partial charge in [0, 0.05) is 50.3 Å². The molecule has 1 saturated heterocycles. The van der Waals surface area contributed by atoms with Crippen molar-refractivity contribution >= 4 is 52.0 Å². The summed E-state index contributed by atoms with van der Waals surface area (Å²) in [6.45, 7) is 5.46. The van der Waals surface area contributed by atoms with Gasteiger partial charge in [-0.2, -0.15) is 0 Å². The lowest BCUT2D eigenvalue weighted by Gasteiger charge is -2.33. The number of hydrogen-bond donors (Lipinski definition) is 2. The van der Waals surface area contributed by atoms with E-state index >= 15 is 0 Å². The van der Waals surface area contributed by atoms with Crippen molar-refractivity contribution in [2.24, 2.45) is 7.05 Å². The Bertz CT molecular complexity index is 1730. The van der Waals surface area contributed by atoms with E-state index in [-0.39, 0.29) is 34.3 Å². The van der Waals surface area contributed by atoms with Gasteiger partial charge in [-0.1, -0.05) is 29.6 Å². The van der Waals surface area contributed by atoms with E-state index < -0.39 is 0 Å². The number of pyridine rings is 1. The molecule has 2 fully saturated rings. The van der Waals surface area contributed by atoms with Crippen molar-refractivity contribution in [1.82, 2.24) is 29.2 Å². The van der Waals surface area contributed by atoms with E-state index in [0.29, 0.717) is 28.5 Å². The minimum absolute atomic E-state index is 0.0912. The summed E-state index contributed by atoms with van der Waals surface area (Å²) in [6.07, 6.45) is 10.0. The van der Waals surface area contributed by atoms with E-state index in [9.17, 15) is 9.59 Å². The number of piperidine rings is 1. The number of halogens is 1. The zero-order valence-corrected chi connectivity index (χ0v) is 26.3. The van der Waals surface area contributed by atoms with E-state index in [0.717, 1.165) is 42.9 Å². The predicted octanol–water partition coefficient (Wildman–Crippen LogP) is 5.52. The van der Waals surface area contributed by atoms with Crippen LogP contribution in [0.2, 0.25) is 5.15 Å². The van der Waals surface area contributed by atoms with Crippen LogP contribution in [0, 0.1) is 6.92 Å². The maximum Gasteiger partial charge on any atom is 0.281 e. The summed E-state index contributed by atoms with van der Waals surface area (Å²) in [7, 11) is 1.79. The quantitative estimate of drug-likeness (QED) is 0.194. The summed E-state index contributed by atoms with van der Waals surface area (Å²) < 4.78 is 4.36. The lowest BCUT2D eigenvalue weighted by Crippen LogP contribution is -2.38. The van der Waals surface area contributed by atoms with Gasteiger partial charge in [0.1, 0.15) is 11.0 Å². The third-order valence-electron chi connectivity index (χ3n) is 8.32. The molecular weight excluding hydrogens is 584 g/mol. The number of carbonyl (C=O) groups excluding carboxylic acids is 1. The normalized spacial score (nSPS) is 16.3. The van der Waals surface area contributed by atoms with Gasteiger partial charge >= 0.3 is 0 Å². The molecule has 4 heterocycles. The number of carbonyl (C=O) groups is 1. The van der Waals surface area contributed by atoms with Crippen molar-refractivity contribution in [1.29, 1.82) is 0 Å². The van der Waals surface area contributed by atoms with Gasteiger partial charge < -0.3 is 10.2 Å². The maximum absolute atomic E-state index is 13.7. The molecule has 2 aliphatic rings. The van der Waals surface area contributed by atoms with Crippen LogP contribution in [0.4, 0.5) is 11.6 Å². The number of anilines is 2. The Morgan fingerprint density at radius 1 is 1.07 bits per heavy atom. The van der Waals surface area contributed by atoms with Gasteiger partial charge in [0.15, 0.2) is 5.69 Å². The summed E-state index contributed by atoms with van der Waals surface area (Å²) in [5.74, 6) is 2.14. The number of aromatic nitrogens is 5. The lowest BCUT2D eigenvalue weighted by molar-refractivity contribution is 0.0980. The number of hydrogen-bond acceptors (Lipinski definition) is 9. The molecule has 6 rings (SSSR count). The largest absolute Gasteiger partial charge is 0.377 e. The second-order valence-corrected chi connectivity index (χ2v) is 12.5. The zero-order chi connectivity index (χ0) is 30.2. The smallest absolute Gasteiger partial charge is 0.281 e. The Morgan fingerprint density at radius 2 is 1.79 bits per heavy atom. The van der Waals surface area contributed by atoms with Crippen LogP contribution in [0.5, 0.6) is 0 Å². The number of benzene rings is 1. The summed E-state index contributed by atoms with van der Waals surface area (Å²) in [5, 5.41) is 4.20. The molecule has 0 bridgehead atoms. The third kappa shape index (κ3) is 6.05. The average molecular weight is 619 g/mol. The van der Waals surface area contributed by atoms with Gasteiger partial charge in [-0.3, -0.25) is 18.9 Å². The van der Waals surface area contributed by atoms with Crippen LogP contribution in [-0.2, 0) is 7.05 Å². The Morgan fingerprint density at radius 3 is 2.47 bits per heavy atom. The molecule has 10 nitrogen and oxygen atoms in total. The molecule has 1 unspecified atom stereocenters. The fourth-order valence-electron chi connectivity index (χ4n) is 5.85. The molecule has 4 aromatic rings. The highest BCUT2D eigenvalue weighted by Crippen LogP contribution is 2.39. The predicted molar refractivity (Wildman–Crippen MR) is 172 cm³/mol. The van der Waals surface area contributed by atoms with E-state index in [2.05, 4.69) is 19.9 Å².